The SMILES string of the molecule is COC(=O)Cc1ccc(S(=O)(=O)NCC2CC2C)cc1. The molecule has 6 heteroatoms. The molecule has 0 aromatic heterocycles. The molecule has 2 unspecified atom stereocenters. The molecule has 0 heterocycles. The molecule has 0 bridgehead atoms. The molecule has 0 aliphatic heterocycles. The molecule has 0 saturated heterocycles. The van der Waals surface area contributed by atoms with E-state index in [1.165, 1.54) is 19.2 Å². The van der Waals surface area contributed by atoms with E-state index in [2.05, 4.69) is 16.4 Å². The molecule has 1 aromatic rings. The Kier molecular flexibility index (Phi) is 4.45. The van der Waals surface area contributed by atoms with Crippen LogP contribution in [0.15, 0.2) is 29.2 Å². The average molecular weight is 297 g/mol. The minimum absolute atomic E-state index is 0.143. The van der Waals surface area contributed by atoms with Gasteiger partial charge in [-0.25, -0.2) is 13.1 Å². The van der Waals surface area contributed by atoms with E-state index >= 15 is 0 Å². The van der Waals surface area contributed by atoms with E-state index in [-0.39, 0.29) is 17.3 Å². The quantitative estimate of drug-likeness (QED) is 0.804. The molecule has 1 aliphatic carbocycles. The van der Waals surface area contributed by atoms with Crippen molar-refractivity contribution in [1.29, 1.82) is 0 Å². The maximum Gasteiger partial charge on any atom is 0.309 e. The fourth-order valence-electron chi connectivity index (χ4n) is 2.01. The van der Waals surface area contributed by atoms with E-state index in [0.29, 0.717) is 18.4 Å². The van der Waals surface area contributed by atoms with Crippen molar-refractivity contribution < 1.29 is 17.9 Å². The number of carbonyl (C=O) groups excluding carboxylic acids is 1. The van der Waals surface area contributed by atoms with Gasteiger partial charge in [0.2, 0.25) is 10.0 Å². The number of benzene rings is 1. The minimum atomic E-state index is -3.46. The monoisotopic (exact) mass is 297 g/mol. The number of nitrogens with one attached hydrogen (secondary N) is 1. The highest BCUT2D eigenvalue weighted by Crippen LogP contribution is 2.37. The molecule has 1 fully saturated rings. The van der Waals surface area contributed by atoms with Crippen LogP contribution in [0, 0.1) is 11.8 Å². The lowest BCUT2D eigenvalue weighted by molar-refractivity contribution is -0.139. The van der Waals surface area contributed by atoms with Gasteiger partial charge < -0.3 is 4.74 Å². The van der Waals surface area contributed by atoms with Gasteiger partial charge in [-0.2, -0.15) is 0 Å². The van der Waals surface area contributed by atoms with Crippen molar-refractivity contribution in [3.8, 4) is 0 Å². The maximum atomic E-state index is 12.1. The van der Waals surface area contributed by atoms with E-state index in [9.17, 15) is 13.2 Å². The maximum absolute atomic E-state index is 12.1. The average Bonchev–Trinajstić information content (AvgIpc) is 3.13. The second-order valence-corrected chi connectivity index (χ2v) is 6.99. The second-order valence-electron chi connectivity index (χ2n) is 5.22. The first-order chi connectivity index (χ1) is 9.42. The minimum Gasteiger partial charge on any atom is -0.469 e. The van der Waals surface area contributed by atoms with Crippen molar-refractivity contribution in [3.63, 3.8) is 0 Å². The third-order valence-electron chi connectivity index (χ3n) is 3.62. The molecule has 1 aromatic carbocycles. The van der Waals surface area contributed by atoms with Crippen LogP contribution in [0.5, 0.6) is 0 Å². The van der Waals surface area contributed by atoms with Crippen molar-refractivity contribution >= 4 is 16.0 Å². The number of esters is 1. The molecule has 5 nitrogen and oxygen atoms in total. The van der Waals surface area contributed by atoms with Crippen LogP contribution in [0.2, 0.25) is 0 Å². The summed E-state index contributed by atoms with van der Waals surface area (Å²) in [4.78, 5) is 11.3. The molecular weight excluding hydrogens is 278 g/mol. The van der Waals surface area contributed by atoms with Crippen LogP contribution in [0.3, 0.4) is 0 Å². The smallest absolute Gasteiger partial charge is 0.309 e. The summed E-state index contributed by atoms with van der Waals surface area (Å²) in [6, 6.07) is 6.28. The van der Waals surface area contributed by atoms with Gasteiger partial charge in [-0.3, -0.25) is 4.79 Å². The van der Waals surface area contributed by atoms with Gasteiger partial charge in [-0.05, 0) is 36.0 Å². The van der Waals surface area contributed by atoms with Gasteiger partial charge in [-0.1, -0.05) is 19.1 Å². The van der Waals surface area contributed by atoms with Gasteiger partial charge in [-0.15, -0.1) is 0 Å². The summed E-state index contributed by atoms with van der Waals surface area (Å²) in [7, 11) is -2.13. The summed E-state index contributed by atoms with van der Waals surface area (Å²) in [6.07, 6.45) is 1.23. The molecule has 20 heavy (non-hydrogen) atoms. The van der Waals surface area contributed by atoms with E-state index in [1.54, 1.807) is 12.1 Å². The molecule has 1 N–H and O–H groups in total. The third-order valence-corrected chi connectivity index (χ3v) is 5.06. The Morgan fingerprint density at radius 1 is 1.35 bits per heavy atom. The summed E-state index contributed by atoms with van der Waals surface area (Å²) in [5.41, 5.74) is 0.728. The van der Waals surface area contributed by atoms with E-state index in [0.717, 1.165) is 12.0 Å². The lowest BCUT2D eigenvalue weighted by atomic mass is 10.2. The number of methoxy groups -OCH3 is 1. The predicted octanol–water partition coefficient (Wildman–Crippen LogP) is 1.34. The predicted molar refractivity (Wildman–Crippen MR) is 74.6 cm³/mol. The topological polar surface area (TPSA) is 72.5 Å². The molecule has 0 radical (unpaired) electrons. The van der Waals surface area contributed by atoms with Crippen LogP contribution in [-0.2, 0) is 26.0 Å². The Labute approximate surface area is 119 Å². The number of ether oxygens (including phenoxy) is 1. The highest BCUT2D eigenvalue weighted by molar-refractivity contribution is 7.89. The zero-order valence-electron chi connectivity index (χ0n) is 11.6. The van der Waals surface area contributed by atoms with Crippen molar-refractivity contribution in [2.45, 2.75) is 24.7 Å². The zero-order chi connectivity index (χ0) is 14.8. The Balaban J connectivity index is 1.98. The Morgan fingerprint density at radius 3 is 2.45 bits per heavy atom. The van der Waals surface area contributed by atoms with Gasteiger partial charge in [0, 0.05) is 6.54 Å². The summed E-state index contributed by atoms with van der Waals surface area (Å²) in [5, 5.41) is 0. The first kappa shape index (κ1) is 15.0. The summed E-state index contributed by atoms with van der Waals surface area (Å²) < 4.78 is 31.3. The largest absolute Gasteiger partial charge is 0.469 e. The van der Waals surface area contributed by atoms with Crippen LogP contribution in [0.4, 0.5) is 0 Å². The summed E-state index contributed by atoms with van der Waals surface area (Å²) in [5.74, 6) is 0.727. The standard InChI is InChI=1S/C14H19NO4S/c1-10-7-12(10)9-15-20(17,18)13-5-3-11(4-6-13)8-14(16)19-2/h3-6,10,12,15H,7-9H2,1-2H3. The Morgan fingerprint density at radius 2 is 1.95 bits per heavy atom. The molecule has 0 spiro atoms. The molecule has 2 atom stereocenters. The molecule has 1 saturated carbocycles. The Hall–Kier alpha value is -1.40. The number of rotatable bonds is 6. The summed E-state index contributed by atoms with van der Waals surface area (Å²) in [6.45, 7) is 2.61. The van der Waals surface area contributed by atoms with Crippen molar-refractivity contribution in [2.75, 3.05) is 13.7 Å². The number of sulfonamides is 1. The highest BCUT2D eigenvalue weighted by atomic mass is 32.2. The lowest BCUT2D eigenvalue weighted by Crippen LogP contribution is -2.26. The van der Waals surface area contributed by atoms with Crippen LogP contribution in [0.1, 0.15) is 18.9 Å². The first-order valence-electron chi connectivity index (χ1n) is 6.58. The van der Waals surface area contributed by atoms with E-state index in [4.69, 9.17) is 0 Å². The zero-order valence-corrected chi connectivity index (χ0v) is 12.4. The van der Waals surface area contributed by atoms with Crippen LogP contribution >= 0.6 is 0 Å². The third kappa shape index (κ3) is 3.80. The summed E-state index contributed by atoms with van der Waals surface area (Å²) >= 11 is 0. The van der Waals surface area contributed by atoms with E-state index < -0.39 is 10.0 Å². The van der Waals surface area contributed by atoms with Gasteiger partial charge in [0.1, 0.15) is 0 Å². The van der Waals surface area contributed by atoms with E-state index in [1.807, 2.05) is 0 Å². The number of carbonyl (C=O) groups is 1. The molecule has 2 rings (SSSR count). The normalized spacial score (nSPS) is 21.5. The first-order valence-corrected chi connectivity index (χ1v) is 8.06. The van der Waals surface area contributed by atoms with Crippen molar-refractivity contribution in [1.82, 2.24) is 4.72 Å². The van der Waals surface area contributed by atoms with Crippen molar-refractivity contribution in [2.24, 2.45) is 11.8 Å². The lowest BCUT2D eigenvalue weighted by Gasteiger charge is -2.07. The molecule has 1 aliphatic rings. The molecule has 110 valence electrons. The van der Waals surface area contributed by atoms with Gasteiger partial charge in [0.15, 0.2) is 0 Å². The van der Waals surface area contributed by atoms with Gasteiger partial charge in [0.25, 0.3) is 0 Å². The van der Waals surface area contributed by atoms with Crippen molar-refractivity contribution in [3.05, 3.63) is 29.8 Å². The number of hydrogen-bond donors (Lipinski definition) is 1. The molecular formula is C14H19NO4S. The van der Waals surface area contributed by atoms with Crippen LogP contribution in [-0.4, -0.2) is 28.0 Å². The number of hydrogen-bond acceptors (Lipinski definition) is 4. The fourth-order valence-corrected chi connectivity index (χ4v) is 3.10. The van der Waals surface area contributed by atoms with Crippen LogP contribution in [0.25, 0.3) is 0 Å². The van der Waals surface area contributed by atoms with Gasteiger partial charge >= 0.3 is 5.97 Å². The highest BCUT2D eigenvalue weighted by Gasteiger charge is 2.33. The Bertz CT molecular complexity index is 580. The second kappa shape index (κ2) is 5.93. The molecule has 0 amide bonds. The van der Waals surface area contributed by atoms with Gasteiger partial charge in [0.05, 0.1) is 18.4 Å². The van der Waals surface area contributed by atoms with Crippen LogP contribution < -0.4 is 4.72 Å². The fraction of sp³-hybridized carbons (Fsp3) is 0.500.